The van der Waals surface area contributed by atoms with Crippen molar-refractivity contribution in [1.82, 2.24) is 5.01 Å². The van der Waals surface area contributed by atoms with Gasteiger partial charge in [0.1, 0.15) is 22.6 Å². The Morgan fingerprint density at radius 3 is 2.96 bits per heavy atom. The molecule has 0 fully saturated rings. The Bertz CT molecular complexity index is 810. The predicted octanol–water partition coefficient (Wildman–Crippen LogP) is 3.17. The molecule has 2 rings (SSSR count). The number of ether oxygens (including phenoxy) is 1. The Labute approximate surface area is 157 Å². The number of esters is 1. The number of rotatable bonds is 5. The van der Waals surface area contributed by atoms with Gasteiger partial charge in [-0.05, 0) is 45.2 Å². The third-order valence-corrected chi connectivity index (χ3v) is 4.20. The van der Waals surface area contributed by atoms with Crippen molar-refractivity contribution in [3.05, 3.63) is 41.2 Å². The number of nitrogens with zero attached hydrogens (tertiary/aromatic N) is 4. The lowest BCUT2D eigenvalue weighted by Gasteiger charge is -2.32. The van der Waals surface area contributed by atoms with Gasteiger partial charge < -0.3 is 10.1 Å². The van der Waals surface area contributed by atoms with Gasteiger partial charge in [0.2, 0.25) is 0 Å². The van der Waals surface area contributed by atoms with Crippen LogP contribution in [0.15, 0.2) is 45.8 Å². The lowest BCUT2D eigenvalue weighted by molar-refractivity contribution is -0.138. The van der Waals surface area contributed by atoms with Crippen LogP contribution in [0, 0.1) is 11.3 Å². The van der Waals surface area contributed by atoms with E-state index in [-0.39, 0.29) is 12.8 Å². The number of nitrogens with one attached hydrogen (secondary N) is 1. The van der Waals surface area contributed by atoms with Crippen molar-refractivity contribution in [2.75, 3.05) is 18.2 Å². The average Bonchev–Trinajstić information content (AvgIpc) is 2.64. The highest BCUT2D eigenvalue weighted by molar-refractivity contribution is 8.14. The molecule has 0 spiro atoms. The number of hydrogen-bond acceptors (Lipinski definition) is 8. The molecule has 1 atom stereocenters. The van der Waals surface area contributed by atoms with Crippen LogP contribution in [0.25, 0.3) is 0 Å². The molecule has 0 amide bonds. The normalized spacial score (nSPS) is 17.1. The van der Waals surface area contributed by atoms with E-state index in [2.05, 4.69) is 21.5 Å². The van der Waals surface area contributed by atoms with E-state index in [1.165, 1.54) is 11.8 Å². The number of carbonyl (C=O) groups is 1. The van der Waals surface area contributed by atoms with Crippen LogP contribution < -0.4 is 5.32 Å². The van der Waals surface area contributed by atoms with E-state index < -0.39 is 5.97 Å². The third-order valence-electron chi connectivity index (χ3n) is 3.50. The molecular weight excluding hydrogens is 350 g/mol. The first kappa shape index (κ1) is 19.5. The largest absolute Gasteiger partial charge is 0.462 e. The lowest BCUT2D eigenvalue weighted by Crippen LogP contribution is -2.38. The highest BCUT2D eigenvalue weighted by atomic mass is 32.2. The van der Waals surface area contributed by atoms with Crippen molar-refractivity contribution in [3.8, 4) is 6.07 Å². The molecule has 0 saturated carbocycles. The van der Waals surface area contributed by atoms with Crippen molar-refractivity contribution in [1.29, 1.82) is 5.26 Å². The third kappa shape index (κ3) is 4.24. The molecule has 1 aromatic rings. The molecule has 1 N–H and O–H groups in total. The number of thioether (sulfide) groups is 1. The van der Waals surface area contributed by atoms with Crippen molar-refractivity contribution in [2.24, 2.45) is 10.1 Å². The average molecular weight is 371 g/mol. The lowest BCUT2D eigenvalue weighted by atomic mass is 10.2. The highest BCUT2D eigenvalue weighted by Crippen LogP contribution is 2.29. The van der Waals surface area contributed by atoms with Gasteiger partial charge in [-0.25, -0.2) is 9.80 Å². The summed E-state index contributed by atoms with van der Waals surface area (Å²) in [7, 11) is 0. The summed E-state index contributed by atoms with van der Waals surface area (Å²) in [5.74, 6) is 0.00577. The molecule has 26 heavy (non-hydrogen) atoms. The molecule has 0 saturated heterocycles. The number of carbonyl (C=O) groups excluding carboxylic acids is 1. The Morgan fingerprint density at radius 1 is 1.58 bits per heavy atom. The van der Waals surface area contributed by atoms with E-state index in [9.17, 15) is 4.79 Å². The van der Waals surface area contributed by atoms with Crippen LogP contribution in [0.2, 0.25) is 0 Å². The van der Waals surface area contributed by atoms with Gasteiger partial charge in [-0.2, -0.15) is 10.4 Å². The first-order valence-corrected chi connectivity index (χ1v) is 9.36. The minimum atomic E-state index is -0.470. The molecule has 1 heterocycles. The molecule has 0 aromatic heterocycles. The fraction of sp³-hybridized carbons (Fsp3) is 0.333. The second kappa shape index (κ2) is 9.06. The minimum Gasteiger partial charge on any atom is -0.462 e. The van der Waals surface area contributed by atoms with E-state index in [4.69, 9.17) is 10.00 Å². The summed E-state index contributed by atoms with van der Waals surface area (Å²) in [5, 5.41) is 18.9. The minimum absolute atomic E-state index is 0.258. The van der Waals surface area contributed by atoms with Gasteiger partial charge in [0.15, 0.2) is 0 Å². The van der Waals surface area contributed by atoms with E-state index in [1.807, 2.05) is 19.2 Å². The van der Waals surface area contributed by atoms with E-state index in [0.29, 0.717) is 27.7 Å². The van der Waals surface area contributed by atoms with Crippen molar-refractivity contribution in [2.45, 2.75) is 26.9 Å². The summed E-state index contributed by atoms with van der Waals surface area (Å²) in [6.45, 7) is 5.69. The van der Waals surface area contributed by atoms with Crippen LogP contribution in [-0.4, -0.2) is 41.3 Å². The Morgan fingerprint density at radius 2 is 2.35 bits per heavy atom. The number of hydrazone groups is 1. The molecule has 1 aliphatic heterocycles. The standard InChI is InChI=1S/C18H21N5O2S/c1-5-20-23-12(3)21-17(26-4)15(18(24)25-6-2)16(23)22-14-9-7-8-13(10-14)11-19/h5,7-10,12,22H,6H2,1-4H3/b20-5-. The summed E-state index contributed by atoms with van der Waals surface area (Å²) < 4.78 is 5.23. The van der Waals surface area contributed by atoms with Crippen LogP contribution >= 0.6 is 11.8 Å². The molecule has 136 valence electrons. The molecule has 0 bridgehead atoms. The predicted molar refractivity (Wildman–Crippen MR) is 105 cm³/mol. The second-order valence-corrected chi connectivity index (χ2v) is 6.05. The van der Waals surface area contributed by atoms with Crippen molar-refractivity contribution >= 4 is 34.7 Å². The Balaban J connectivity index is 2.59. The van der Waals surface area contributed by atoms with Gasteiger partial charge in [-0.15, -0.1) is 11.8 Å². The number of aliphatic imine (C=N–C) groups is 1. The SMILES string of the molecule is C/C=N\N1C(Nc2cccc(C#N)c2)=C(C(=O)OCC)C(SC)=NC1C. The molecule has 7 nitrogen and oxygen atoms in total. The Kier molecular flexibility index (Phi) is 6.81. The smallest absolute Gasteiger partial charge is 0.344 e. The van der Waals surface area contributed by atoms with Crippen LogP contribution in [-0.2, 0) is 9.53 Å². The van der Waals surface area contributed by atoms with E-state index in [0.717, 1.165) is 0 Å². The first-order chi connectivity index (χ1) is 12.5. The fourth-order valence-corrected chi connectivity index (χ4v) is 3.08. The maximum absolute atomic E-state index is 12.6. The molecule has 1 aromatic carbocycles. The van der Waals surface area contributed by atoms with Crippen LogP contribution in [0.5, 0.6) is 0 Å². The quantitative estimate of drug-likeness (QED) is 0.631. The molecule has 0 radical (unpaired) electrons. The zero-order chi connectivity index (χ0) is 19.1. The number of nitriles is 1. The van der Waals surface area contributed by atoms with Crippen LogP contribution in [0.4, 0.5) is 5.69 Å². The summed E-state index contributed by atoms with van der Waals surface area (Å²) in [6.07, 6.45) is 3.19. The molecular formula is C18H21N5O2S. The zero-order valence-electron chi connectivity index (χ0n) is 15.2. The number of hydrogen-bond donors (Lipinski definition) is 1. The maximum atomic E-state index is 12.6. The number of benzene rings is 1. The monoisotopic (exact) mass is 371 g/mol. The summed E-state index contributed by atoms with van der Waals surface area (Å²) in [6, 6.07) is 9.12. The van der Waals surface area contributed by atoms with Crippen LogP contribution in [0.1, 0.15) is 26.3 Å². The molecule has 1 unspecified atom stereocenters. The van der Waals surface area contributed by atoms with Gasteiger partial charge in [-0.1, -0.05) is 6.07 Å². The summed E-state index contributed by atoms with van der Waals surface area (Å²) >= 11 is 1.37. The zero-order valence-corrected chi connectivity index (χ0v) is 16.0. The van der Waals surface area contributed by atoms with Crippen LogP contribution in [0.3, 0.4) is 0 Å². The fourth-order valence-electron chi connectivity index (χ4n) is 2.44. The van der Waals surface area contributed by atoms with Gasteiger partial charge in [0.25, 0.3) is 0 Å². The highest BCUT2D eigenvalue weighted by Gasteiger charge is 2.33. The molecule has 0 aliphatic carbocycles. The molecule has 8 heteroatoms. The van der Waals surface area contributed by atoms with Gasteiger partial charge in [-0.3, -0.25) is 4.99 Å². The van der Waals surface area contributed by atoms with Gasteiger partial charge in [0.05, 0.1) is 18.2 Å². The first-order valence-electron chi connectivity index (χ1n) is 8.14. The maximum Gasteiger partial charge on any atom is 0.344 e. The van der Waals surface area contributed by atoms with Gasteiger partial charge in [0, 0.05) is 11.9 Å². The molecule has 1 aliphatic rings. The topological polar surface area (TPSA) is 90.1 Å². The summed E-state index contributed by atoms with van der Waals surface area (Å²) in [4.78, 5) is 17.2. The van der Waals surface area contributed by atoms with Crippen molar-refractivity contribution < 1.29 is 9.53 Å². The number of anilines is 1. The van der Waals surface area contributed by atoms with Gasteiger partial charge >= 0.3 is 5.97 Å². The second-order valence-electron chi connectivity index (χ2n) is 5.25. The van der Waals surface area contributed by atoms with Crippen molar-refractivity contribution in [3.63, 3.8) is 0 Å². The van der Waals surface area contributed by atoms with E-state index >= 15 is 0 Å². The van der Waals surface area contributed by atoms with E-state index in [1.54, 1.807) is 43.3 Å². The summed E-state index contributed by atoms with van der Waals surface area (Å²) in [5.41, 5.74) is 1.51. The Hall–Kier alpha value is -2.79.